The van der Waals surface area contributed by atoms with Crippen molar-refractivity contribution in [2.75, 3.05) is 17.4 Å². The van der Waals surface area contributed by atoms with Gasteiger partial charge in [0.2, 0.25) is 0 Å². The molecule has 29 heavy (non-hydrogen) atoms. The van der Waals surface area contributed by atoms with Gasteiger partial charge in [-0.25, -0.2) is 8.42 Å². The maximum atomic E-state index is 13.3. The molecule has 1 atom stereocenters. The molecule has 0 radical (unpaired) electrons. The average Bonchev–Trinajstić information content (AvgIpc) is 3.57. The Hall–Kier alpha value is -2.09. The molecule has 8 heteroatoms. The van der Waals surface area contributed by atoms with E-state index in [1.807, 2.05) is 24.3 Å². The summed E-state index contributed by atoms with van der Waals surface area (Å²) in [6, 6.07) is 13.8. The Labute approximate surface area is 177 Å². The molecule has 1 unspecified atom stereocenters. The predicted octanol–water partition coefficient (Wildman–Crippen LogP) is 2.72. The van der Waals surface area contributed by atoms with E-state index in [0.717, 1.165) is 36.9 Å². The molecule has 2 aromatic carbocycles. The van der Waals surface area contributed by atoms with Gasteiger partial charge in [0.15, 0.2) is 0 Å². The number of hydrogen-bond donors (Lipinski definition) is 2. The number of para-hydroxylation sites is 1. The number of benzene rings is 2. The van der Waals surface area contributed by atoms with Crippen molar-refractivity contribution in [1.29, 1.82) is 0 Å². The van der Waals surface area contributed by atoms with Crippen LogP contribution >= 0.6 is 12.4 Å². The third-order valence-electron chi connectivity index (χ3n) is 5.48. The number of nitrogens with one attached hydrogen (secondary N) is 1. The second-order valence-electron chi connectivity index (χ2n) is 7.55. The molecule has 1 saturated carbocycles. The summed E-state index contributed by atoms with van der Waals surface area (Å²) in [6.07, 6.45) is 3.87. The molecule has 0 spiro atoms. The van der Waals surface area contributed by atoms with E-state index >= 15 is 0 Å². The fourth-order valence-corrected chi connectivity index (χ4v) is 5.26. The maximum Gasteiger partial charge on any atom is 0.264 e. The molecule has 2 aliphatic rings. The van der Waals surface area contributed by atoms with Gasteiger partial charge in [0, 0.05) is 24.7 Å². The van der Waals surface area contributed by atoms with Crippen molar-refractivity contribution in [1.82, 2.24) is 5.32 Å². The summed E-state index contributed by atoms with van der Waals surface area (Å²) >= 11 is 0. The number of aryl methyl sites for hydroxylation is 1. The maximum absolute atomic E-state index is 13.3. The minimum absolute atomic E-state index is 0. The normalized spacial score (nSPS) is 17.1. The van der Waals surface area contributed by atoms with Crippen LogP contribution in [0.5, 0.6) is 0 Å². The molecule has 0 saturated heterocycles. The molecule has 0 bridgehead atoms. The summed E-state index contributed by atoms with van der Waals surface area (Å²) in [7, 11) is -3.74. The highest BCUT2D eigenvalue weighted by Gasteiger charge is 2.30. The number of carbonyl (C=O) groups excluding carboxylic acids is 1. The Morgan fingerprint density at radius 1 is 1.17 bits per heavy atom. The lowest BCUT2D eigenvalue weighted by atomic mass is 10.0. The number of amides is 1. The summed E-state index contributed by atoms with van der Waals surface area (Å²) < 4.78 is 28.0. The number of sulfonamides is 1. The quantitative estimate of drug-likeness (QED) is 0.729. The fraction of sp³-hybridized carbons (Fsp3) is 0.381. The van der Waals surface area contributed by atoms with E-state index < -0.39 is 10.0 Å². The molecule has 1 amide bonds. The van der Waals surface area contributed by atoms with Gasteiger partial charge in [-0.15, -0.1) is 12.4 Å². The van der Waals surface area contributed by atoms with Crippen LogP contribution < -0.4 is 15.4 Å². The molecule has 1 heterocycles. The molecule has 2 aromatic rings. The second-order valence-corrected chi connectivity index (χ2v) is 9.41. The van der Waals surface area contributed by atoms with E-state index in [9.17, 15) is 13.2 Å². The minimum Gasteiger partial charge on any atom is -0.350 e. The highest BCUT2D eigenvalue weighted by Crippen LogP contribution is 2.32. The highest BCUT2D eigenvalue weighted by molar-refractivity contribution is 7.92. The molecule has 1 aliphatic carbocycles. The summed E-state index contributed by atoms with van der Waals surface area (Å²) in [6.45, 7) is 0.839. The van der Waals surface area contributed by atoms with Crippen LogP contribution in [0, 0.1) is 5.92 Å². The lowest BCUT2D eigenvalue weighted by molar-refractivity contribution is 0.0950. The molecule has 1 aliphatic heterocycles. The van der Waals surface area contributed by atoms with Crippen molar-refractivity contribution in [2.24, 2.45) is 11.7 Å². The van der Waals surface area contributed by atoms with Crippen LogP contribution in [0.15, 0.2) is 53.4 Å². The van der Waals surface area contributed by atoms with Crippen molar-refractivity contribution in [3.63, 3.8) is 0 Å². The number of rotatable bonds is 6. The third kappa shape index (κ3) is 4.57. The summed E-state index contributed by atoms with van der Waals surface area (Å²) in [5.74, 6) is 0.193. The molecule has 0 aromatic heterocycles. The van der Waals surface area contributed by atoms with Crippen molar-refractivity contribution in [3.05, 3.63) is 59.7 Å². The van der Waals surface area contributed by atoms with Crippen LogP contribution in [-0.2, 0) is 16.4 Å². The van der Waals surface area contributed by atoms with Gasteiger partial charge in [-0.3, -0.25) is 9.10 Å². The lowest BCUT2D eigenvalue weighted by Gasteiger charge is -2.30. The predicted molar refractivity (Wildman–Crippen MR) is 116 cm³/mol. The van der Waals surface area contributed by atoms with Gasteiger partial charge < -0.3 is 11.1 Å². The standard InChI is InChI=1S/C21H25N3O3S.ClH/c22-19(15-10-11-15)14-23-21(25)17-6-3-8-18(13-17)28(26,27)24-12-4-7-16-5-1-2-9-20(16)24;/h1-3,5-6,8-9,13,15,19H,4,7,10-12,14,22H2,(H,23,25);1H. The van der Waals surface area contributed by atoms with Crippen LogP contribution in [0.1, 0.15) is 35.2 Å². The van der Waals surface area contributed by atoms with Gasteiger partial charge in [0.05, 0.1) is 10.6 Å². The van der Waals surface area contributed by atoms with Gasteiger partial charge in [-0.05, 0) is 61.4 Å². The van der Waals surface area contributed by atoms with Gasteiger partial charge in [-0.1, -0.05) is 24.3 Å². The van der Waals surface area contributed by atoms with E-state index in [4.69, 9.17) is 5.73 Å². The number of hydrogen-bond acceptors (Lipinski definition) is 4. The Balaban J connectivity index is 0.00000240. The van der Waals surface area contributed by atoms with Crippen molar-refractivity contribution < 1.29 is 13.2 Å². The van der Waals surface area contributed by atoms with E-state index in [1.165, 1.54) is 10.4 Å². The number of carbonyl (C=O) groups is 1. The van der Waals surface area contributed by atoms with Gasteiger partial charge >= 0.3 is 0 Å². The molecule has 6 nitrogen and oxygen atoms in total. The molecule has 4 rings (SSSR count). The van der Waals surface area contributed by atoms with Crippen LogP contribution in [0.25, 0.3) is 0 Å². The Bertz CT molecular complexity index is 992. The first-order valence-electron chi connectivity index (χ1n) is 9.71. The molecular formula is C21H26ClN3O3S. The van der Waals surface area contributed by atoms with Crippen molar-refractivity contribution >= 4 is 34.0 Å². The summed E-state index contributed by atoms with van der Waals surface area (Å²) in [4.78, 5) is 12.6. The zero-order valence-corrected chi connectivity index (χ0v) is 17.7. The van der Waals surface area contributed by atoms with Gasteiger partial charge in [0.1, 0.15) is 0 Å². The second kappa shape index (κ2) is 8.73. The van der Waals surface area contributed by atoms with Crippen LogP contribution in [-0.4, -0.2) is 33.5 Å². The Morgan fingerprint density at radius 3 is 2.69 bits per heavy atom. The topological polar surface area (TPSA) is 92.5 Å². The van der Waals surface area contributed by atoms with Gasteiger partial charge in [0.25, 0.3) is 15.9 Å². The van der Waals surface area contributed by atoms with E-state index in [2.05, 4.69) is 5.32 Å². The summed E-state index contributed by atoms with van der Waals surface area (Å²) in [5, 5.41) is 2.82. The highest BCUT2D eigenvalue weighted by atomic mass is 35.5. The van der Waals surface area contributed by atoms with Crippen LogP contribution in [0.3, 0.4) is 0 Å². The van der Waals surface area contributed by atoms with Crippen LogP contribution in [0.2, 0.25) is 0 Å². The lowest BCUT2D eigenvalue weighted by Crippen LogP contribution is -2.38. The van der Waals surface area contributed by atoms with Crippen molar-refractivity contribution in [3.8, 4) is 0 Å². The molecular weight excluding hydrogens is 410 g/mol. The number of nitrogens with zero attached hydrogens (tertiary/aromatic N) is 1. The first kappa shape index (κ1) is 21.6. The average molecular weight is 436 g/mol. The van der Waals surface area contributed by atoms with E-state index in [1.54, 1.807) is 18.2 Å². The fourth-order valence-electron chi connectivity index (χ4n) is 3.68. The summed E-state index contributed by atoms with van der Waals surface area (Å²) in [5.41, 5.74) is 8.11. The SMILES string of the molecule is Cl.NC(CNC(=O)c1cccc(S(=O)(=O)N2CCCc3ccccc32)c1)C1CC1. The monoisotopic (exact) mass is 435 g/mol. The molecule has 156 valence electrons. The third-order valence-corrected chi connectivity index (χ3v) is 7.29. The smallest absolute Gasteiger partial charge is 0.264 e. The molecule has 3 N–H and O–H groups in total. The molecule has 1 fully saturated rings. The zero-order valence-electron chi connectivity index (χ0n) is 16.1. The van der Waals surface area contributed by atoms with Crippen molar-refractivity contribution in [2.45, 2.75) is 36.6 Å². The number of halogens is 1. The number of fused-ring (bicyclic) bond motifs is 1. The number of nitrogens with two attached hydrogens (primary N) is 1. The van der Waals surface area contributed by atoms with E-state index in [-0.39, 0.29) is 29.3 Å². The number of anilines is 1. The zero-order chi connectivity index (χ0) is 19.7. The Morgan fingerprint density at radius 2 is 1.93 bits per heavy atom. The minimum atomic E-state index is -3.74. The van der Waals surface area contributed by atoms with E-state index in [0.29, 0.717) is 24.6 Å². The van der Waals surface area contributed by atoms with Gasteiger partial charge in [-0.2, -0.15) is 0 Å². The Kier molecular flexibility index (Phi) is 6.51. The van der Waals surface area contributed by atoms with Crippen LogP contribution in [0.4, 0.5) is 5.69 Å². The first-order chi connectivity index (χ1) is 13.5. The largest absolute Gasteiger partial charge is 0.350 e. The first-order valence-corrected chi connectivity index (χ1v) is 11.2.